The molecule has 6 heteroatoms. The molecule has 2 rings (SSSR count). The zero-order chi connectivity index (χ0) is 14.0. The minimum absolute atomic E-state index is 0.0348. The second-order valence-electron chi connectivity index (χ2n) is 3.86. The summed E-state index contributed by atoms with van der Waals surface area (Å²) in [4.78, 5) is 10.8. The van der Waals surface area contributed by atoms with E-state index >= 15 is 0 Å². The van der Waals surface area contributed by atoms with Gasteiger partial charge in [0.15, 0.2) is 0 Å². The van der Waals surface area contributed by atoms with Gasteiger partial charge in [0.1, 0.15) is 5.82 Å². The van der Waals surface area contributed by atoms with Crippen molar-refractivity contribution in [2.24, 2.45) is 0 Å². The number of aromatic carboxylic acids is 1. The number of nitrogens with one attached hydrogen (secondary N) is 1. The monoisotopic (exact) mass is 324 g/mol. The molecule has 4 nitrogen and oxygen atoms in total. The van der Waals surface area contributed by atoms with Crippen LogP contribution in [0, 0.1) is 5.82 Å². The molecule has 0 saturated carbocycles. The second-order valence-corrected chi connectivity index (χ2v) is 4.72. The average molecular weight is 325 g/mol. The van der Waals surface area contributed by atoms with Gasteiger partial charge in [0.05, 0.1) is 10.0 Å². The van der Waals surface area contributed by atoms with E-state index in [4.69, 9.17) is 10.8 Å². The molecule has 0 fully saturated rings. The summed E-state index contributed by atoms with van der Waals surface area (Å²) in [5, 5.41) is 11.8. The van der Waals surface area contributed by atoms with Crippen molar-refractivity contribution in [1.29, 1.82) is 0 Å². The van der Waals surface area contributed by atoms with Crippen molar-refractivity contribution >= 4 is 39.0 Å². The first kappa shape index (κ1) is 13.4. The summed E-state index contributed by atoms with van der Waals surface area (Å²) < 4.78 is 13.7. The fraction of sp³-hybridized carbons (Fsp3) is 0. The lowest BCUT2D eigenvalue weighted by Crippen LogP contribution is -2.03. The summed E-state index contributed by atoms with van der Waals surface area (Å²) >= 11 is 3.06. The Kier molecular flexibility index (Phi) is 3.71. The molecule has 0 aliphatic rings. The molecule has 2 aromatic rings. The summed E-state index contributed by atoms with van der Waals surface area (Å²) in [6.45, 7) is 0. The number of rotatable bonds is 3. The normalized spacial score (nSPS) is 10.2. The van der Waals surface area contributed by atoms with Crippen LogP contribution in [0.15, 0.2) is 40.9 Å². The summed E-state index contributed by atoms with van der Waals surface area (Å²) in [6, 6.07) is 9.05. The number of carbonyl (C=O) groups is 1. The van der Waals surface area contributed by atoms with Crippen molar-refractivity contribution in [2.45, 2.75) is 0 Å². The fourth-order valence-corrected chi connectivity index (χ4v) is 1.82. The number of carboxylic acids is 1. The van der Waals surface area contributed by atoms with Gasteiger partial charge in [0.2, 0.25) is 0 Å². The van der Waals surface area contributed by atoms with Crippen LogP contribution in [0.4, 0.5) is 21.5 Å². The molecule has 0 aromatic heterocycles. The van der Waals surface area contributed by atoms with Gasteiger partial charge in [-0.2, -0.15) is 0 Å². The molecule has 19 heavy (non-hydrogen) atoms. The lowest BCUT2D eigenvalue weighted by atomic mass is 10.1. The van der Waals surface area contributed by atoms with Crippen LogP contribution in [0.25, 0.3) is 0 Å². The van der Waals surface area contributed by atoms with Crippen LogP contribution in [0.3, 0.4) is 0 Å². The van der Waals surface area contributed by atoms with Gasteiger partial charge in [0.25, 0.3) is 0 Å². The number of halogens is 2. The molecule has 0 aliphatic heterocycles. The van der Waals surface area contributed by atoms with Gasteiger partial charge in [-0.15, -0.1) is 0 Å². The van der Waals surface area contributed by atoms with Crippen molar-refractivity contribution in [1.82, 2.24) is 0 Å². The van der Waals surface area contributed by atoms with Crippen LogP contribution >= 0.6 is 15.9 Å². The quantitative estimate of drug-likeness (QED) is 0.754. The minimum Gasteiger partial charge on any atom is -0.478 e. The predicted molar refractivity (Wildman–Crippen MR) is 75.2 cm³/mol. The highest BCUT2D eigenvalue weighted by Crippen LogP contribution is 2.24. The highest BCUT2D eigenvalue weighted by atomic mass is 79.9. The van der Waals surface area contributed by atoms with Gasteiger partial charge in [-0.05, 0) is 52.3 Å². The molecule has 0 heterocycles. The largest absolute Gasteiger partial charge is 0.478 e. The highest BCUT2D eigenvalue weighted by molar-refractivity contribution is 9.10. The molecular formula is C13H10BrFN2O2. The van der Waals surface area contributed by atoms with Crippen molar-refractivity contribution < 1.29 is 14.3 Å². The molecular weight excluding hydrogens is 315 g/mol. The highest BCUT2D eigenvalue weighted by Gasteiger charge is 2.08. The Hall–Kier alpha value is -2.08. The van der Waals surface area contributed by atoms with E-state index < -0.39 is 5.97 Å². The Morgan fingerprint density at radius 1 is 1.21 bits per heavy atom. The van der Waals surface area contributed by atoms with Crippen LogP contribution in [0.1, 0.15) is 10.4 Å². The molecule has 0 unspecified atom stereocenters. The van der Waals surface area contributed by atoms with Crippen LogP contribution in [-0.4, -0.2) is 11.1 Å². The van der Waals surface area contributed by atoms with E-state index in [0.29, 0.717) is 15.8 Å². The van der Waals surface area contributed by atoms with Crippen LogP contribution in [-0.2, 0) is 0 Å². The lowest BCUT2D eigenvalue weighted by Gasteiger charge is -2.09. The van der Waals surface area contributed by atoms with Crippen LogP contribution in [0.5, 0.6) is 0 Å². The first-order valence-electron chi connectivity index (χ1n) is 5.32. The number of anilines is 3. The summed E-state index contributed by atoms with van der Waals surface area (Å²) in [5.41, 5.74) is 6.94. The molecule has 0 bridgehead atoms. The predicted octanol–water partition coefficient (Wildman–Crippen LogP) is 3.61. The van der Waals surface area contributed by atoms with E-state index in [1.54, 1.807) is 18.2 Å². The van der Waals surface area contributed by atoms with Gasteiger partial charge in [-0.3, -0.25) is 0 Å². The molecule has 0 amide bonds. The molecule has 0 spiro atoms. The summed E-state index contributed by atoms with van der Waals surface area (Å²) in [6.07, 6.45) is 0. The molecule has 2 aromatic carbocycles. The van der Waals surface area contributed by atoms with Gasteiger partial charge in [-0.1, -0.05) is 0 Å². The maximum atomic E-state index is 13.3. The SMILES string of the molecule is Nc1cc(Nc2ccc(Br)c(F)c2)ccc1C(=O)O. The number of hydrogen-bond donors (Lipinski definition) is 3. The first-order chi connectivity index (χ1) is 8.97. The Balaban J connectivity index is 2.26. The third kappa shape index (κ3) is 3.03. The molecule has 0 saturated heterocycles. The van der Waals surface area contributed by atoms with Gasteiger partial charge in [0, 0.05) is 17.1 Å². The van der Waals surface area contributed by atoms with E-state index in [9.17, 15) is 9.18 Å². The van der Waals surface area contributed by atoms with E-state index in [2.05, 4.69) is 21.2 Å². The van der Waals surface area contributed by atoms with Gasteiger partial charge >= 0.3 is 5.97 Å². The van der Waals surface area contributed by atoms with E-state index in [0.717, 1.165) is 0 Å². The summed E-state index contributed by atoms with van der Waals surface area (Å²) in [5.74, 6) is -1.47. The standard InChI is InChI=1S/C13H10BrFN2O2/c14-10-4-2-7(5-11(10)15)17-8-1-3-9(13(18)19)12(16)6-8/h1-6,17H,16H2,(H,18,19). The minimum atomic E-state index is -1.08. The van der Waals surface area contributed by atoms with E-state index in [-0.39, 0.29) is 17.1 Å². The third-order valence-corrected chi connectivity index (χ3v) is 3.13. The Labute approximate surface area is 117 Å². The molecule has 4 N–H and O–H groups in total. The van der Waals surface area contributed by atoms with Crippen molar-refractivity contribution in [3.63, 3.8) is 0 Å². The maximum Gasteiger partial charge on any atom is 0.337 e. The van der Waals surface area contributed by atoms with E-state index in [1.807, 2.05) is 0 Å². The second kappa shape index (κ2) is 5.27. The molecule has 98 valence electrons. The van der Waals surface area contributed by atoms with Crippen molar-refractivity contribution in [2.75, 3.05) is 11.1 Å². The van der Waals surface area contributed by atoms with Crippen LogP contribution in [0.2, 0.25) is 0 Å². The van der Waals surface area contributed by atoms with Gasteiger partial charge in [-0.25, -0.2) is 9.18 Å². The molecule has 0 atom stereocenters. The zero-order valence-corrected chi connectivity index (χ0v) is 11.2. The zero-order valence-electron chi connectivity index (χ0n) is 9.65. The first-order valence-corrected chi connectivity index (χ1v) is 6.11. The Morgan fingerprint density at radius 3 is 2.42 bits per heavy atom. The average Bonchev–Trinajstić information content (AvgIpc) is 2.33. The number of carboxylic acid groups (broad SMARTS) is 1. The van der Waals surface area contributed by atoms with Gasteiger partial charge < -0.3 is 16.2 Å². The lowest BCUT2D eigenvalue weighted by molar-refractivity contribution is 0.0698. The molecule has 0 radical (unpaired) electrons. The smallest absolute Gasteiger partial charge is 0.337 e. The fourth-order valence-electron chi connectivity index (χ4n) is 1.58. The maximum absolute atomic E-state index is 13.3. The van der Waals surface area contributed by atoms with Crippen molar-refractivity contribution in [3.8, 4) is 0 Å². The van der Waals surface area contributed by atoms with Crippen LogP contribution < -0.4 is 11.1 Å². The summed E-state index contributed by atoms with van der Waals surface area (Å²) in [7, 11) is 0. The van der Waals surface area contributed by atoms with E-state index in [1.165, 1.54) is 18.2 Å². The number of benzene rings is 2. The topological polar surface area (TPSA) is 75.3 Å². The number of hydrogen-bond acceptors (Lipinski definition) is 3. The number of nitrogens with two attached hydrogens (primary N) is 1. The Morgan fingerprint density at radius 2 is 1.84 bits per heavy atom. The third-order valence-electron chi connectivity index (χ3n) is 2.49. The Bertz CT molecular complexity index is 647. The number of nitrogen functional groups attached to an aromatic ring is 1. The van der Waals surface area contributed by atoms with Crippen molar-refractivity contribution in [3.05, 3.63) is 52.3 Å². The molecule has 0 aliphatic carbocycles.